The normalized spacial score (nSPS) is 17.1. The number of carbonyl (C=O) groups is 1. The monoisotopic (exact) mass is 317 g/mol. The maximum Gasteiger partial charge on any atom is 0.246 e. The number of nitrogens with zero attached hydrogens (tertiary/aromatic N) is 2. The van der Waals surface area contributed by atoms with Crippen LogP contribution in [0.5, 0.6) is 0 Å². The Hall–Kier alpha value is -1.81. The van der Waals surface area contributed by atoms with Crippen LogP contribution in [0.1, 0.15) is 30.2 Å². The van der Waals surface area contributed by atoms with E-state index in [4.69, 9.17) is 11.6 Å². The van der Waals surface area contributed by atoms with Crippen LogP contribution in [0.4, 0.5) is 5.69 Å². The summed E-state index contributed by atoms with van der Waals surface area (Å²) in [7, 11) is 0. The Morgan fingerprint density at radius 3 is 3.09 bits per heavy atom. The molecule has 1 N–H and O–H groups in total. The SMILES string of the molecule is Cc1ccc(NC(=O)Cn2cc3c(n2)CCC(C)C3)c(Cl)c1. The van der Waals surface area contributed by atoms with Gasteiger partial charge in [-0.25, -0.2) is 0 Å². The molecule has 1 heterocycles. The van der Waals surface area contributed by atoms with E-state index < -0.39 is 0 Å². The number of rotatable bonds is 3. The van der Waals surface area contributed by atoms with Crippen LogP contribution < -0.4 is 5.32 Å². The molecule has 0 saturated heterocycles. The Balaban J connectivity index is 1.67. The van der Waals surface area contributed by atoms with Gasteiger partial charge in [0.05, 0.1) is 16.4 Å². The fourth-order valence-electron chi connectivity index (χ4n) is 2.88. The zero-order chi connectivity index (χ0) is 15.7. The van der Waals surface area contributed by atoms with Crippen LogP contribution in [-0.4, -0.2) is 15.7 Å². The summed E-state index contributed by atoms with van der Waals surface area (Å²) in [5.41, 5.74) is 4.12. The summed E-state index contributed by atoms with van der Waals surface area (Å²) < 4.78 is 1.74. The van der Waals surface area contributed by atoms with Gasteiger partial charge < -0.3 is 5.32 Å². The topological polar surface area (TPSA) is 46.9 Å². The number of aryl methyl sites for hydroxylation is 2. The highest BCUT2D eigenvalue weighted by atomic mass is 35.5. The molecule has 0 bridgehead atoms. The summed E-state index contributed by atoms with van der Waals surface area (Å²) in [4.78, 5) is 12.2. The number of carbonyl (C=O) groups excluding carboxylic acids is 1. The minimum absolute atomic E-state index is 0.112. The second-order valence-electron chi connectivity index (χ2n) is 6.18. The van der Waals surface area contributed by atoms with E-state index in [-0.39, 0.29) is 12.5 Å². The fourth-order valence-corrected chi connectivity index (χ4v) is 3.17. The van der Waals surface area contributed by atoms with Crippen molar-refractivity contribution in [2.45, 2.75) is 39.7 Å². The molecule has 2 aromatic rings. The van der Waals surface area contributed by atoms with Crippen LogP contribution in [0.25, 0.3) is 0 Å². The molecule has 0 saturated carbocycles. The quantitative estimate of drug-likeness (QED) is 0.940. The minimum atomic E-state index is -0.112. The molecule has 116 valence electrons. The van der Waals surface area contributed by atoms with Crippen molar-refractivity contribution < 1.29 is 4.79 Å². The highest BCUT2D eigenvalue weighted by molar-refractivity contribution is 6.33. The second kappa shape index (κ2) is 6.13. The van der Waals surface area contributed by atoms with Crippen molar-refractivity contribution in [2.75, 3.05) is 5.32 Å². The molecule has 3 rings (SSSR count). The van der Waals surface area contributed by atoms with Gasteiger partial charge in [-0.1, -0.05) is 24.6 Å². The standard InChI is InChI=1S/C17H20ClN3O/c1-11-3-5-15-13(7-11)9-21(20-15)10-17(22)19-16-6-4-12(2)8-14(16)18/h4,6,8-9,11H,3,5,7,10H2,1-2H3,(H,19,22). The summed E-state index contributed by atoms with van der Waals surface area (Å²) in [5.74, 6) is 0.587. The van der Waals surface area contributed by atoms with Crippen LogP contribution in [0, 0.1) is 12.8 Å². The summed E-state index contributed by atoms with van der Waals surface area (Å²) >= 11 is 6.14. The number of nitrogens with one attached hydrogen (secondary N) is 1. The number of anilines is 1. The van der Waals surface area contributed by atoms with Crippen molar-refractivity contribution in [2.24, 2.45) is 5.92 Å². The van der Waals surface area contributed by atoms with Crippen LogP contribution in [0.2, 0.25) is 5.02 Å². The number of hydrogen-bond donors (Lipinski definition) is 1. The van der Waals surface area contributed by atoms with Gasteiger partial charge in [0.15, 0.2) is 0 Å². The number of benzene rings is 1. The van der Waals surface area contributed by atoms with Crippen molar-refractivity contribution in [3.05, 3.63) is 46.2 Å². The van der Waals surface area contributed by atoms with E-state index in [1.54, 1.807) is 4.68 Å². The molecule has 1 amide bonds. The molecule has 0 aliphatic heterocycles. The maximum atomic E-state index is 12.2. The van der Waals surface area contributed by atoms with Gasteiger partial charge in [0.2, 0.25) is 5.91 Å². The third kappa shape index (κ3) is 3.33. The van der Waals surface area contributed by atoms with Crippen molar-refractivity contribution in [3.8, 4) is 0 Å². The van der Waals surface area contributed by atoms with Crippen LogP contribution >= 0.6 is 11.6 Å². The molecule has 1 unspecified atom stereocenters. The van der Waals surface area contributed by atoms with Gasteiger partial charge in [0.1, 0.15) is 6.54 Å². The van der Waals surface area contributed by atoms with E-state index in [1.165, 1.54) is 12.0 Å². The number of amides is 1. The zero-order valence-electron chi connectivity index (χ0n) is 12.9. The number of aromatic nitrogens is 2. The molecule has 1 atom stereocenters. The first kappa shape index (κ1) is 15.1. The highest BCUT2D eigenvalue weighted by Gasteiger charge is 2.19. The molecule has 1 aromatic carbocycles. The highest BCUT2D eigenvalue weighted by Crippen LogP contribution is 2.24. The van der Waals surface area contributed by atoms with Gasteiger partial charge in [-0.2, -0.15) is 5.10 Å². The van der Waals surface area contributed by atoms with E-state index >= 15 is 0 Å². The van der Waals surface area contributed by atoms with Gasteiger partial charge in [0, 0.05) is 6.20 Å². The number of halogens is 1. The molecular formula is C17H20ClN3O. The predicted molar refractivity (Wildman–Crippen MR) is 88.2 cm³/mol. The molecule has 0 spiro atoms. The third-order valence-corrected chi connectivity index (χ3v) is 4.38. The molecule has 22 heavy (non-hydrogen) atoms. The van der Waals surface area contributed by atoms with Crippen molar-refractivity contribution >= 4 is 23.2 Å². The van der Waals surface area contributed by atoms with Crippen molar-refractivity contribution in [1.29, 1.82) is 0 Å². The molecule has 1 aromatic heterocycles. The molecule has 5 heteroatoms. The largest absolute Gasteiger partial charge is 0.323 e. The lowest BCUT2D eigenvalue weighted by Crippen LogP contribution is -2.19. The Morgan fingerprint density at radius 2 is 2.32 bits per heavy atom. The smallest absolute Gasteiger partial charge is 0.246 e. The predicted octanol–water partition coefficient (Wildman–Crippen LogP) is 3.61. The Morgan fingerprint density at radius 1 is 1.50 bits per heavy atom. The molecule has 1 aliphatic rings. The van der Waals surface area contributed by atoms with E-state index in [0.717, 1.165) is 24.1 Å². The van der Waals surface area contributed by atoms with Gasteiger partial charge in [-0.3, -0.25) is 9.48 Å². The molecule has 4 nitrogen and oxygen atoms in total. The Kier molecular flexibility index (Phi) is 4.21. The van der Waals surface area contributed by atoms with Gasteiger partial charge in [0.25, 0.3) is 0 Å². The van der Waals surface area contributed by atoms with Crippen LogP contribution in [0.15, 0.2) is 24.4 Å². The molecule has 0 radical (unpaired) electrons. The lowest BCUT2D eigenvalue weighted by molar-refractivity contribution is -0.116. The maximum absolute atomic E-state index is 12.2. The summed E-state index contributed by atoms with van der Waals surface area (Å²) in [5, 5.41) is 7.93. The lowest BCUT2D eigenvalue weighted by Gasteiger charge is -2.15. The summed E-state index contributed by atoms with van der Waals surface area (Å²) in [6.45, 7) is 4.44. The van der Waals surface area contributed by atoms with E-state index in [9.17, 15) is 4.79 Å². The summed E-state index contributed by atoms with van der Waals surface area (Å²) in [6.07, 6.45) is 5.24. The molecule has 0 fully saturated rings. The Bertz CT molecular complexity index is 708. The van der Waals surface area contributed by atoms with Gasteiger partial charge >= 0.3 is 0 Å². The lowest BCUT2D eigenvalue weighted by atomic mass is 9.89. The van der Waals surface area contributed by atoms with E-state index in [1.807, 2.05) is 31.3 Å². The van der Waals surface area contributed by atoms with Crippen molar-refractivity contribution in [1.82, 2.24) is 9.78 Å². The van der Waals surface area contributed by atoms with Gasteiger partial charge in [-0.05, 0) is 55.4 Å². The molecule has 1 aliphatic carbocycles. The number of hydrogen-bond acceptors (Lipinski definition) is 2. The fraction of sp³-hybridized carbons (Fsp3) is 0.412. The second-order valence-corrected chi connectivity index (χ2v) is 6.59. The first-order valence-electron chi connectivity index (χ1n) is 7.62. The third-order valence-electron chi connectivity index (χ3n) is 4.07. The summed E-state index contributed by atoms with van der Waals surface area (Å²) in [6, 6.07) is 5.59. The van der Waals surface area contributed by atoms with E-state index in [0.29, 0.717) is 16.6 Å². The first-order chi connectivity index (χ1) is 10.5. The first-order valence-corrected chi connectivity index (χ1v) is 8.00. The van der Waals surface area contributed by atoms with Crippen molar-refractivity contribution in [3.63, 3.8) is 0 Å². The van der Waals surface area contributed by atoms with Crippen LogP contribution in [-0.2, 0) is 24.2 Å². The van der Waals surface area contributed by atoms with E-state index in [2.05, 4.69) is 17.3 Å². The average Bonchev–Trinajstić information content (AvgIpc) is 2.83. The van der Waals surface area contributed by atoms with Gasteiger partial charge in [-0.15, -0.1) is 0 Å². The average molecular weight is 318 g/mol. The minimum Gasteiger partial charge on any atom is -0.323 e. The molecular weight excluding hydrogens is 298 g/mol. The van der Waals surface area contributed by atoms with Crippen LogP contribution in [0.3, 0.4) is 0 Å². The Labute approximate surface area is 135 Å². The zero-order valence-corrected chi connectivity index (χ0v) is 13.7. The number of fused-ring (bicyclic) bond motifs is 1.